The maximum atomic E-state index is 12.5. The quantitative estimate of drug-likeness (QED) is 0.847. The first-order valence-corrected chi connectivity index (χ1v) is 9.06. The van der Waals surface area contributed by atoms with Crippen LogP contribution in [0.4, 0.5) is 5.69 Å². The second-order valence-corrected chi connectivity index (χ2v) is 8.26. The van der Waals surface area contributed by atoms with Gasteiger partial charge in [0.1, 0.15) is 0 Å². The highest BCUT2D eigenvalue weighted by molar-refractivity contribution is 7.89. The lowest BCUT2D eigenvalue weighted by molar-refractivity contribution is 0.473. The molecule has 0 spiro atoms. The number of nitrogens with zero attached hydrogens (tertiary/aromatic N) is 1. The first kappa shape index (κ1) is 16.3. The molecule has 4 nitrogen and oxygen atoms in total. The number of benzene rings is 1. The standard InChI is InChI=1S/C14H17ClN2O2S2/c1-10-13(15)8-12(9-14(10)16)21(18,19)17(2)6-5-11-4-3-7-20-11/h3-4,7-9H,5-6,16H2,1-2H3. The number of rotatable bonds is 5. The molecule has 1 aromatic heterocycles. The lowest BCUT2D eigenvalue weighted by atomic mass is 10.2. The van der Waals surface area contributed by atoms with Crippen molar-refractivity contribution in [1.82, 2.24) is 4.31 Å². The van der Waals surface area contributed by atoms with Crippen LogP contribution < -0.4 is 5.73 Å². The van der Waals surface area contributed by atoms with Gasteiger partial charge in [0.2, 0.25) is 10.0 Å². The number of sulfonamides is 1. The predicted molar refractivity (Wildman–Crippen MR) is 88.4 cm³/mol. The Labute approximate surface area is 134 Å². The summed E-state index contributed by atoms with van der Waals surface area (Å²) in [6.07, 6.45) is 0.683. The van der Waals surface area contributed by atoms with Gasteiger partial charge in [0.25, 0.3) is 0 Å². The molecule has 0 saturated heterocycles. The molecule has 0 radical (unpaired) electrons. The Morgan fingerprint density at radius 1 is 1.38 bits per heavy atom. The molecule has 0 aliphatic heterocycles. The minimum atomic E-state index is -3.58. The fourth-order valence-corrected chi connectivity index (χ4v) is 4.07. The summed E-state index contributed by atoms with van der Waals surface area (Å²) in [5.74, 6) is 0. The Morgan fingerprint density at radius 3 is 2.67 bits per heavy atom. The lowest BCUT2D eigenvalue weighted by Crippen LogP contribution is -2.29. The van der Waals surface area contributed by atoms with Gasteiger partial charge in [-0.15, -0.1) is 11.3 Å². The minimum Gasteiger partial charge on any atom is -0.398 e. The van der Waals surface area contributed by atoms with Gasteiger partial charge in [-0.3, -0.25) is 0 Å². The minimum absolute atomic E-state index is 0.129. The van der Waals surface area contributed by atoms with Gasteiger partial charge in [0.05, 0.1) is 4.90 Å². The van der Waals surface area contributed by atoms with Crippen LogP contribution in [0.15, 0.2) is 34.5 Å². The molecule has 0 aliphatic carbocycles. The molecule has 0 bridgehead atoms. The zero-order valence-corrected chi connectivity index (χ0v) is 14.2. The fourth-order valence-electron chi connectivity index (χ4n) is 1.85. The molecule has 2 rings (SSSR count). The summed E-state index contributed by atoms with van der Waals surface area (Å²) < 4.78 is 26.4. The van der Waals surface area contributed by atoms with E-state index >= 15 is 0 Å². The van der Waals surface area contributed by atoms with E-state index < -0.39 is 10.0 Å². The topological polar surface area (TPSA) is 63.4 Å². The normalized spacial score (nSPS) is 12.0. The summed E-state index contributed by atoms with van der Waals surface area (Å²) in [4.78, 5) is 1.28. The van der Waals surface area contributed by atoms with E-state index in [2.05, 4.69) is 0 Å². The molecule has 0 aliphatic rings. The third-order valence-electron chi connectivity index (χ3n) is 3.32. The summed E-state index contributed by atoms with van der Waals surface area (Å²) in [5.41, 5.74) is 6.88. The van der Waals surface area contributed by atoms with E-state index in [9.17, 15) is 8.42 Å². The lowest BCUT2D eigenvalue weighted by Gasteiger charge is -2.18. The molecular formula is C14H17ClN2O2S2. The Kier molecular flexibility index (Phi) is 4.93. The molecule has 1 aromatic carbocycles. The molecule has 7 heteroatoms. The Hall–Kier alpha value is -1.08. The van der Waals surface area contributed by atoms with Gasteiger partial charge in [0.15, 0.2) is 0 Å². The van der Waals surface area contributed by atoms with Crippen molar-refractivity contribution in [3.05, 3.63) is 45.1 Å². The van der Waals surface area contributed by atoms with Crippen LogP contribution >= 0.6 is 22.9 Å². The van der Waals surface area contributed by atoms with Gasteiger partial charge in [-0.25, -0.2) is 12.7 Å². The molecule has 0 fully saturated rings. The van der Waals surface area contributed by atoms with Crippen molar-refractivity contribution in [3.63, 3.8) is 0 Å². The average molecular weight is 345 g/mol. The molecule has 21 heavy (non-hydrogen) atoms. The van der Waals surface area contributed by atoms with Gasteiger partial charge < -0.3 is 5.73 Å². The molecule has 0 saturated carbocycles. The van der Waals surface area contributed by atoms with Gasteiger partial charge >= 0.3 is 0 Å². The zero-order chi connectivity index (χ0) is 15.6. The number of thiophene rings is 1. The van der Waals surface area contributed by atoms with Crippen molar-refractivity contribution in [1.29, 1.82) is 0 Å². The summed E-state index contributed by atoms with van der Waals surface area (Å²) in [5, 5.41) is 2.34. The SMILES string of the molecule is Cc1c(N)cc(S(=O)(=O)N(C)CCc2cccs2)cc1Cl. The molecule has 0 amide bonds. The van der Waals surface area contributed by atoms with Crippen LogP contribution in [0.5, 0.6) is 0 Å². The van der Waals surface area contributed by atoms with Crippen molar-refractivity contribution in [2.24, 2.45) is 0 Å². The molecule has 0 unspecified atom stereocenters. The first-order chi connectivity index (χ1) is 9.82. The van der Waals surface area contributed by atoms with Gasteiger partial charge in [-0.2, -0.15) is 0 Å². The van der Waals surface area contributed by atoms with E-state index in [1.807, 2.05) is 17.5 Å². The largest absolute Gasteiger partial charge is 0.398 e. The van der Waals surface area contributed by atoms with E-state index in [-0.39, 0.29) is 4.90 Å². The highest BCUT2D eigenvalue weighted by Crippen LogP contribution is 2.27. The number of anilines is 1. The third-order valence-corrected chi connectivity index (χ3v) is 6.48. The Morgan fingerprint density at radius 2 is 2.10 bits per heavy atom. The van der Waals surface area contributed by atoms with Crippen LogP contribution in [-0.2, 0) is 16.4 Å². The van der Waals surface area contributed by atoms with Crippen LogP contribution in [0, 0.1) is 6.92 Å². The third kappa shape index (κ3) is 3.58. The molecule has 2 aromatic rings. The molecular weight excluding hydrogens is 328 g/mol. The monoisotopic (exact) mass is 344 g/mol. The van der Waals surface area contributed by atoms with Crippen molar-refractivity contribution < 1.29 is 8.42 Å². The van der Waals surface area contributed by atoms with Gasteiger partial charge in [-0.05, 0) is 42.5 Å². The van der Waals surface area contributed by atoms with Crippen molar-refractivity contribution >= 4 is 38.6 Å². The number of nitrogen functional groups attached to an aromatic ring is 1. The van der Waals surface area contributed by atoms with Crippen LogP contribution in [0.1, 0.15) is 10.4 Å². The van der Waals surface area contributed by atoms with Crippen LogP contribution in [0.3, 0.4) is 0 Å². The zero-order valence-electron chi connectivity index (χ0n) is 11.8. The van der Waals surface area contributed by atoms with E-state index in [0.717, 1.165) is 4.88 Å². The molecule has 2 N–H and O–H groups in total. The predicted octanol–water partition coefficient (Wildman–Crippen LogP) is 3.16. The number of hydrogen-bond donors (Lipinski definition) is 1. The van der Waals surface area contributed by atoms with Gasteiger partial charge in [0, 0.05) is 29.2 Å². The summed E-state index contributed by atoms with van der Waals surface area (Å²) in [6.45, 7) is 2.17. The van der Waals surface area contributed by atoms with Crippen LogP contribution in [-0.4, -0.2) is 26.3 Å². The van der Waals surface area contributed by atoms with Crippen molar-refractivity contribution in [2.45, 2.75) is 18.2 Å². The molecule has 114 valence electrons. The highest BCUT2D eigenvalue weighted by Gasteiger charge is 2.22. The molecule has 0 atom stereocenters. The average Bonchev–Trinajstić information content (AvgIpc) is 2.94. The van der Waals surface area contributed by atoms with E-state index in [1.165, 1.54) is 16.4 Å². The van der Waals surface area contributed by atoms with Gasteiger partial charge in [-0.1, -0.05) is 17.7 Å². The number of halogens is 1. The second kappa shape index (κ2) is 6.36. The molecule has 1 heterocycles. The number of likely N-dealkylation sites (N-methyl/N-ethyl adjacent to an activating group) is 1. The van der Waals surface area contributed by atoms with Crippen molar-refractivity contribution in [2.75, 3.05) is 19.3 Å². The van der Waals surface area contributed by atoms with E-state index in [4.69, 9.17) is 17.3 Å². The second-order valence-electron chi connectivity index (χ2n) is 4.78. The number of hydrogen-bond acceptors (Lipinski definition) is 4. The van der Waals surface area contributed by atoms with Crippen LogP contribution in [0.2, 0.25) is 5.02 Å². The highest BCUT2D eigenvalue weighted by atomic mass is 35.5. The van der Waals surface area contributed by atoms with E-state index in [1.54, 1.807) is 25.3 Å². The Balaban J connectivity index is 2.20. The number of nitrogens with two attached hydrogens (primary N) is 1. The summed E-state index contributed by atoms with van der Waals surface area (Å²) in [7, 11) is -2.02. The van der Waals surface area contributed by atoms with E-state index in [0.29, 0.717) is 29.2 Å². The summed E-state index contributed by atoms with van der Waals surface area (Å²) in [6, 6.07) is 6.85. The smallest absolute Gasteiger partial charge is 0.242 e. The maximum absolute atomic E-state index is 12.5. The Bertz CT molecular complexity index is 704. The first-order valence-electron chi connectivity index (χ1n) is 6.36. The van der Waals surface area contributed by atoms with Crippen LogP contribution in [0.25, 0.3) is 0 Å². The summed E-state index contributed by atoms with van der Waals surface area (Å²) >= 11 is 7.64. The maximum Gasteiger partial charge on any atom is 0.242 e. The van der Waals surface area contributed by atoms with Crippen molar-refractivity contribution in [3.8, 4) is 0 Å². The fraction of sp³-hybridized carbons (Fsp3) is 0.286.